The zero-order valence-electron chi connectivity index (χ0n) is 9.33. The quantitative estimate of drug-likeness (QED) is 0.709. The van der Waals surface area contributed by atoms with E-state index in [0.29, 0.717) is 0 Å². The second-order valence-corrected chi connectivity index (χ2v) is 3.53. The molecule has 86 valence electrons. The van der Waals surface area contributed by atoms with Crippen molar-refractivity contribution < 1.29 is 9.59 Å². The molecule has 0 heterocycles. The number of urea groups is 1. The lowest BCUT2D eigenvalue weighted by molar-refractivity contribution is -0.118. The molecular weight excluding hydrogens is 206 g/mol. The second kappa shape index (κ2) is 5.16. The molecule has 5 nitrogen and oxygen atoms in total. The average molecular weight is 221 g/mol. The van der Waals surface area contributed by atoms with E-state index in [2.05, 4.69) is 5.32 Å². The Kier molecular flexibility index (Phi) is 3.88. The Labute approximate surface area is 94.0 Å². The normalized spacial score (nSPS) is 9.62. The van der Waals surface area contributed by atoms with Gasteiger partial charge < -0.3 is 11.1 Å². The fourth-order valence-corrected chi connectivity index (χ4v) is 1.44. The number of primary amides is 1. The van der Waals surface area contributed by atoms with Gasteiger partial charge >= 0.3 is 6.03 Å². The second-order valence-electron chi connectivity index (χ2n) is 3.53. The summed E-state index contributed by atoms with van der Waals surface area (Å²) in [5.74, 6) is -0.449. The van der Waals surface area contributed by atoms with E-state index in [-0.39, 0.29) is 6.54 Å². The lowest BCUT2D eigenvalue weighted by Gasteiger charge is -2.11. The Balaban J connectivity index is 2.61. The van der Waals surface area contributed by atoms with Crippen LogP contribution in [0.15, 0.2) is 18.2 Å². The Morgan fingerprint density at radius 1 is 1.25 bits per heavy atom. The Bertz CT molecular complexity index is 395. The van der Waals surface area contributed by atoms with Crippen LogP contribution >= 0.6 is 0 Å². The molecule has 0 saturated heterocycles. The highest BCUT2D eigenvalue weighted by Gasteiger charge is 2.06. The van der Waals surface area contributed by atoms with Gasteiger partial charge in [0.25, 0.3) is 0 Å². The van der Waals surface area contributed by atoms with Crippen molar-refractivity contribution in [1.82, 2.24) is 5.32 Å². The number of rotatable bonds is 3. The molecule has 0 fully saturated rings. The van der Waals surface area contributed by atoms with Crippen LogP contribution in [0, 0.1) is 13.8 Å². The molecular formula is C11H15N3O2. The zero-order chi connectivity index (χ0) is 12.1. The van der Waals surface area contributed by atoms with E-state index < -0.39 is 11.9 Å². The van der Waals surface area contributed by atoms with Crippen molar-refractivity contribution in [2.24, 2.45) is 5.73 Å². The average Bonchev–Trinajstić information content (AvgIpc) is 2.15. The first-order valence-electron chi connectivity index (χ1n) is 4.90. The highest BCUT2D eigenvalue weighted by atomic mass is 16.2. The van der Waals surface area contributed by atoms with Crippen molar-refractivity contribution in [3.05, 3.63) is 29.3 Å². The van der Waals surface area contributed by atoms with Gasteiger partial charge in [0.2, 0.25) is 5.91 Å². The summed E-state index contributed by atoms with van der Waals surface area (Å²) in [6.07, 6.45) is 0. The van der Waals surface area contributed by atoms with Gasteiger partial charge in [0.15, 0.2) is 0 Å². The summed E-state index contributed by atoms with van der Waals surface area (Å²) in [6.45, 7) is 3.91. The van der Waals surface area contributed by atoms with Crippen LogP contribution in [-0.2, 0) is 4.79 Å². The topological polar surface area (TPSA) is 84.2 Å². The monoisotopic (exact) mass is 221 g/mol. The molecule has 0 saturated carbocycles. The maximum atomic E-state index is 11.2. The van der Waals surface area contributed by atoms with Gasteiger partial charge in [0.1, 0.15) is 0 Å². The number of carbonyl (C=O) groups is 2. The molecule has 0 unspecified atom stereocenters. The molecule has 16 heavy (non-hydrogen) atoms. The van der Waals surface area contributed by atoms with E-state index in [4.69, 9.17) is 5.73 Å². The van der Waals surface area contributed by atoms with Crippen molar-refractivity contribution in [3.8, 4) is 0 Å². The first-order chi connectivity index (χ1) is 7.50. The van der Waals surface area contributed by atoms with Crippen LogP contribution in [0.1, 0.15) is 11.1 Å². The van der Waals surface area contributed by atoms with Gasteiger partial charge in [0.05, 0.1) is 6.54 Å². The highest BCUT2D eigenvalue weighted by Crippen LogP contribution is 2.18. The molecule has 4 N–H and O–H groups in total. The van der Waals surface area contributed by atoms with Gasteiger partial charge in [0, 0.05) is 5.69 Å². The number of anilines is 1. The van der Waals surface area contributed by atoms with Crippen molar-refractivity contribution in [1.29, 1.82) is 0 Å². The summed E-state index contributed by atoms with van der Waals surface area (Å²) in [4.78, 5) is 21.6. The van der Waals surface area contributed by atoms with Crippen LogP contribution in [-0.4, -0.2) is 18.5 Å². The Hall–Kier alpha value is -2.04. The van der Waals surface area contributed by atoms with Crippen molar-refractivity contribution in [2.45, 2.75) is 13.8 Å². The summed E-state index contributed by atoms with van der Waals surface area (Å²) in [5.41, 5.74) is 7.82. The smallest absolute Gasteiger partial charge is 0.318 e. The standard InChI is InChI=1S/C11H15N3O2/c1-7-4-3-5-8(2)10(7)13-6-9(15)14-11(12)16/h3-5,13H,6H2,1-2H3,(H3,12,14,15,16). The first-order valence-corrected chi connectivity index (χ1v) is 4.90. The molecule has 0 aliphatic heterocycles. The number of nitrogens with two attached hydrogens (primary N) is 1. The lowest BCUT2D eigenvalue weighted by Crippen LogP contribution is -2.38. The lowest BCUT2D eigenvalue weighted by atomic mass is 10.1. The minimum Gasteiger partial charge on any atom is -0.376 e. The maximum Gasteiger partial charge on any atom is 0.318 e. The number of hydrogen-bond donors (Lipinski definition) is 3. The fourth-order valence-electron chi connectivity index (χ4n) is 1.44. The largest absolute Gasteiger partial charge is 0.376 e. The number of hydrogen-bond acceptors (Lipinski definition) is 3. The summed E-state index contributed by atoms with van der Waals surface area (Å²) in [5, 5.41) is 4.96. The van der Waals surface area contributed by atoms with Crippen LogP contribution in [0.3, 0.4) is 0 Å². The van der Waals surface area contributed by atoms with Gasteiger partial charge in [-0.1, -0.05) is 18.2 Å². The molecule has 0 aliphatic carbocycles. The third kappa shape index (κ3) is 3.27. The van der Waals surface area contributed by atoms with Crippen molar-refractivity contribution in [3.63, 3.8) is 0 Å². The van der Waals surface area contributed by atoms with Crippen molar-refractivity contribution in [2.75, 3.05) is 11.9 Å². The summed E-state index contributed by atoms with van der Waals surface area (Å²) < 4.78 is 0. The molecule has 0 aromatic heterocycles. The molecule has 5 heteroatoms. The highest BCUT2D eigenvalue weighted by molar-refractivity contribution is 5.95. The maximum absolute atomic E-state index is 11.2. The predicted octanol–water partition coefficient (Wildman–Crippen LogP) is 0.910. The number of aryl methyl sites for hydroxylation is 2. The van der Waals surface area contributed by atoms with Crippen molar-refractivity contribution >= 4 is 17.6 Å². The van der Waals surface area contributed by atoms with Gasteiger partial charge in [-0.2, -0.15) is 0 Å². The number of benzene rings is 1. The van der Waals surface area contributed by atoms with E-state index in [9.17, 15) is 9.59 Å². The van der Waals surface area contributed by atoms with Gasteiger partial charge in [-0.15, -0.1) is 0 Å². The Morgan fingerprint density at radius 2 is 1.81 bits per heavy atom. The molecule has 0 aliphatic rings. The van der Waals surface area contributed by atoms with E-state index in [1.54, 1.807) is 0 Å². The number of nitrogens with one attached hydrogen (secondary N) is 2. The van der Waals surface area contributed by atoms with Crippen LogP contribution in [0.5, 0.6) is 0 Å². The molecule has 0 atom stereocenters. The first kappa shape index (κ1) is 12.0. The van der Waals surface area contributed by atoms with Gasteiger partial charge in [-0.05, 0) is 25.0 Å². The summed E-state index contributed by atoms with van der Waals surface area (Å²) in [7, 11) is 0. The van der Waals surface area contributed by atoms with E-state index in [1.165, 1.54) is 0 Å². The van der Waals surface area contributed by atoms with Gasteiger partial charge in [-0.25, -0.2) is 4.79 Å². The van der Waals surface area contributed by atoms with Crippen LogP contribution in [0.2, 0.25) is 0 Å². The minimum atomic E-state index is -0.840. The van der Waals surface area contributed by atoms with E-state index >= 15 is 0 Å². The molecule has 1 aromatic rings. The predicted molar refractivity (Wildman–Crippen MR) is 62.1 cm³/mol. The van der Waals surface area contributed by atoms with Gasteiger partial charge in [-0.3, -0.25) is 10.1 Å². The molecule has 0 radical (unpaired) electrons. The molecule has 0 bridgehead atoms. The third-order valence-electron chi connectivity index (χ3n) is 2.17. The minimum absolute atomic E-state index is 0.0225. The number of amides is 3. The van der Waals surface area contributed by atoms with E-state index in [1.807, 2.05) is 37.4 Å². The third-order valence-corrected chi connectivity index (χ3v) is 2.17. The van der Waals surface area contributed by atoms with Crippen LogP contribution in [0.4, 0.5) is 10.5 Å². The van der Waals surface area contributed by atoms with Crippen LogP contribution in [0.25, 0.3) is 0 Å². The molecule has 1 rings (SSSR count). The Morgan fingerprint density at radius 3 is 2.31 bits per heavy atom. The molecule has 3 amide bonds. The fraction of sp³-hybridized carbons (Fsp3) is 0.273. The number of carbonyl (C=O) groups excluding carboxylic acids is 2. The van der Waals surface area contributed by atoms with Crippen LogP contribution < -0.4 is 16.4 Å². The molecule has 1 aromatic carbocycles. The van der Waals surface area contributed by atoms with E-state index in [0.717, 1.165) is 16.8 Å². The SMILES string of the molecule is Cc1cccc(C)c1NCC(=O)NC(N)=O. The number of imide groups is 1. The summed E-state index contributed by atoms with van der Waals surface area (Å²) in [6, 6.07) is 5.00. The molecule has 0 spiro atoms. The number of para-hydroxylation sites is 1. The zero-order valence-corrected chi connectivity index (χ0v) is 9.33. The summed E-state index contributed by atoms with van der Waals surface area (Å²) >= 11 is 0.